The fourth-order valence-electron chi connectivity index (χ4n) is 1.24. The molecule has 0 saturated heterocycles. The van der Waals surface area contributed by atoms with Crippen molar-refractivity contribution < 1.29 is 4.79 Å². The van der Waals surface area contributed by atoms with Gasteiger partial charge in [0.05, 0.1) is 5.69 Å². The summed E-state index contributed by atoms with van der Waals surface area (Å²) in [7, 11) is 0. The Labute approximate surface area is 84.1 Å². The predicted molar refractivity (Wildman–Crippen MR) is 58.1 cm³/mol. The maximum Gasteiger partial charge on any atom is 0.224 e. The zero-order valence-corrected chi connectivity index (χ0v) is 8.71. The lowest BCUT2D eigenvalue weighted by atomic mass is 10.1. The van der Waals surface area contributed by atoms with E-state index in [1.807, 2.05) is 25.1 Å². The molecule has 0 N–H and O–H groups in total. The summed E-state index contributed by atoms with van der Waals surface area (Å²) >= 11 is 4.06. The molecule has 70 valence electrons. The lowest BCUT2D eigenvalue weighted by Gasteiger charge is -2.14. The van der Waals surface area contributed by atoms with Crippen LogP contribution in [0.15, 0.2) is 18.2 Å². The van der Waals surface area contributed by atoms with Crippen molar-refractivity contribution in [3.63, 3.8) is 0 Å². The van der Waals surface area contributed by atoms with Gasteiger partial charge in [0.25, 0.3) is 0 Å². The first-order chi connectivity index (χ1) is 6.19. The smallest absolute Gasteiger partial charge is 0.224 e. The Morgan fingerprint density at radius 3 is 2.77 bits per heavy atom. The first-order valence-corrected chi connectivity index (χ1v) is 4.62. The van der Waals surface area contributed by atoms with Crippen molar-refractivity contribution in [2.24, 2.45) is 0 Å². The summed E-state index contributed by atoms with van der Waals surface area (Å²) in [5, 5.41) is 0. The van der Waals surface area contributed by atoms with Crippen LogP contribution in [0.2, 0.25) is 0 Å². The van der Waals surface area contributed by atoms with E-state index in [0.29, 0.717) is 6.41 Å². The maximum absolute atomic E-state index is 10.5. The molecule has 0 spiro atoms. The highest BCUT2D eigenvalue weighted by molar-refractivity contribution is 7.82. The quantitative estimate of drug-likeness (QED) is 0.580. The standard InChI is InChI=1S/C10H13NOS/c1-3-9-5-4-8(2)6-10(9)11(13)7-12/h4-7,13H,3H2,1-2H3. The molecule has 1 amide bonds. The van der Waals surface area contributed by atoms with E-state index in [0.717, 1.165) is 23.2 Å². The first kappa shape index (κ1) is 10.1. The second kappa shape index (κ2) is 4.33. The Bertz CT molecular complexity index is 312. The van der Waals surface area contributed by atoms with Crippen LogP contribution in [0.3, 0.4) is 0 Å². The lowest BCUT2D eigenvalue weighted by Crippen LogP contribution is -2.09. The van der Waals surface area contributed by atoms with Gasteiger partial charge in [-0.3, -0.25) is 9.10 Å². The van der Waals surface area contributed by atoms with Crippen molar-refractivity contribution in [3.05, 3.63) is 29.3 Å². The molecule has 3 heteroatoms. The van der Waals surface area contributed by atoms with Crippen molar-refractivity contribution >= 4 is 24.9 Å². The molecule has 0 aliphatic heterocycles. The Hall–Kier alpha value is -0.960. The summed E-state index contributed by atoms with van der Waals surface area (Å²) < 4.78 is 1.31. The molecule has 0 aliphatic carbocycles. The largest absolute Gasteiger partial charge is 0.277 e. The molecule has 0 saturated carbocycles. The predicted octanol–water partition coefficient (Wildman–Crippen LogP) is 2.37. The van der Waals surface area contributed by atoms with Crippen LogP contribution in [0, 0.1) is 6.92 Å². The number of nitrogens with zero attached hydrogens (tertiary/aromatic N) is 1. The van der Waals surface area contributed by atoms with E-state index in [4.69, 9.17) is 0 Å². The van der Waals surface area contributed by atoms with Gasteiger partial charge < -0.3 is 0 Å². The lowest BCUT2D eigenvalue weighted by molar-refractivity contribution is -0.106. The molecule has 0 radical (unpaired) electrons. The molecule has 1 aromatic carbocycles. The second-order valence-corrected chi connectivity index (χ2v) is 3.37. The minimum atomic E-state index is 0.705. The zero-order chi connectivity index (χ0) is 9.84. The summed E-state index contributed by atoms with van der Waals surface area (Å²) in [6.07, 6.45) is 1.61. The van der Waals surface area contributed by atoms with Gasteiger partial charge in [-0.1, -0.05) is 31.9 Å². The highest BCUT2D eigenvalue weighted by Gasteiger charge is 2.05. The Kier molecular flexibility index (Phi) is 3.37. The van der Waals surface area contributed by atoms with Crippen molar-refractivity contribution in [3.8, 4) is 0 Å². The van der Waals surface area contributed by atoms with Crippen LogP contribution in [0.5, 0.6) is 0 Å². The van der Waals surface area contributed by atoms with Crippen LogP contribution in [0.1, 0.15) is 18.1 Å². The summed E-state index contributed by atoms with van der Waals surface area (Å²) in [4.78, 5) is 10.5. The summed E-state index contributed by atoms with van der Waals surface area (Å²) in [5.41, 5.74) is 3.14. The van der Waals surface area contributed by atoms with E-state index < -0.39 is 0 Å². The van der Waals surface area contributed by atoms with Crippen LogP contribution < -0.4 is 4.31 Å². The van der Waals surface area contributed by atoms with Gasteiger partial charge in [-0.25, -0.2) is 0 Å². The third kappa shape index (κ3) is 2.25. The van der Waals surface area contributed by atoms with Crippen molar-refractivity contribution in [1.29, 1.82) is 0 Å². The van der Waals surface area contributed by atoms with Gasteiger partial charge in [0.1, 0.15) is 0 Å². The van der Waals surface area contributed by atoms with Crippen LogP contribution in [-0.2, 0) is 11.2 Å². The molecule has 0 aromatic heterocycles. The highest BCUT2D eigenvalue weighted by atomic mass is 32.1. The van der Waals surface area contributed by atoms with Crippen molar-refractivity contribution in [2.75, 3.05) is 4.31 Å². The number of benzene rings is 1. The van der Waals surface area contributed by atoms with Crippen molar-refractivity contribution in [2.45, 2.75) is 20.3 Å². The van der Waals surface area contributed by atoms with Gasteiger partial charge in [0, 0.05) is 0 Å². The number of thiol groups is 1. The van der Waals surface area contributed by atoms with Gasteiger partial charge in [-0.2, -0.15) is 0 Å². The number of aryl methyl sites for hydroxylation is 2. The topological polar surface area (TPSA) is 20.3 Å². The van der Waals surface area contributed by atoms with Gasteiger partial charge >= 0.3 is 0 Å². The summed E-state index contributed by atoms with van der Waals surface area (Å²) in [5.74, 6) is 0. The summed E-state index contributed by atoms with van der Waals surface area (Å²) in [6, 6.07) is 6.02. The number of carbonyl (C=O) groups is 1. The third-order valence-corrected chi connectivity index (χ3v) is 2.28. The van der Waals surface area contributed by atoms with E-state index in [2.05, 4.69) is 19.7 Å². The van der Waals surface area contributed by atoms with Gasteiger partial charge in [0.2, 0.25) is 6.41 Å². The minimum absolute atomic E-state index is 0.705. The molecule has 0 aliphatic rings. The van der Waals surface area contributed by atoms with E-state index in [1.165, 1.54) is 4.31 Å². The Morgan fingerprint density at radius 2 is 2.23 bits per heavy atom. The van der Waals surface area contributed by atoms with E-state index in [9.17, 15) is 4.79 Å². The number of carbonyl (C=O) groups excluding carboxylic acids is 1. The molecule has 1 rings (SSSR count). The average Bonchev–Trinajstić information content (AvgIpc) is 2.16. The number of anilines is 1. The molecule has 13 heavy (non-hydrogen) atoms. The fraction of sp³-hybridized carbons (Fsp3) is 0.300. The zero-order valence-electron chi connectivity index (χ0n) is 7.82. The molecular formula is C10H13NOS. The molecule has 0 bridgehead atoms. The Balaban J connectivity index is 3.14. The van der Waals surface area contributed by atoms with Crippen LogP contribution in [-0.4, -0.2) is 6.41 Å². The third-order valence-electron chi connectivity index (χ3n) is 1.97. The Morgan fingerprint density at radius 1 is 1.54 bits per heavy atom. The van der Waals surface area contributed by atoms with Gasteiger partial charge in [-0.15, -0.1) is 0 Å². The molecule has 1 aromatic rings. The number of rotatable bonds is 3. The van der Waals surface area contributed by atoms with Crippen LogP contribution >= 0.6 is 12.8 Å². The highest BCUT2D eigenvalue weighted by Crippen LogP contribution is 2.22. The van der Waals surface area contributed by atoms with E-state index >= 15 is 0 Å². The minimum Gasteiger partial charge on any atom is -0.277 e. The van der Waals surface area contributed by atoms with Crippen LogP contribution in [0.25, 0.3) is 0 Å². The molecular weight excluding hydrogens is 182 g/mol. The number of amides is 1. The number of hydrogen-bond acceptors (Lipinski definition) is 2. The molecule has 0 fully saturated rings. The molecule has 0 atom stereocenters. The average molecular weight is 195 g/mol. The van der Waals surface area contributed by atoms with Gasteiger partial charge in [-0.05, 0) is 30.5 Å². The molecule has 0 unspecified atom stereocenters. The fourth-order valence-corrected chi connectivity index (χ4v) is 1.43. The maximum atomic E-state index is 10.5. The normalized spacial score (nSPS) is 9.77. The first-order valence-electron chi connectivity index (χ1n) is 4.22. The van der Waals surface area contributed by atoms with Crippen LogP contribution in [0.4, 0.5) is 5.69 Å². The monoisotopic (exact) mass is 195 g/mol. The number of hydrogen-bond donors (Lipinski definition) is 1. The summed E-state index contributed by atoms with van der Waals surface area (Å²) in [6.45, 7) is 4.05. The van der Waals surface area contributed by atoms with E-state index in [-0.39, 0.29) is 0 Å². The molecule has 2 nitrogen and oxygen atoms in total. The van der Waals surface area contributed by atoms with Crippen molar-refractivity contribution in [1.82, 2.24) is 0 Å². The van der Waals surface area contributed by atoms with Gasteiger partial charge in [0.15, 0.2) is 0 Å². The molecule has 0 heterocycles. The SMILES string of the molecule is CCc1ccc(C)cc1N(S)C=O. The second-order valence-electron chi connectivity index (χ2n) is 2.94. The van der Waals surface area contributed by atoms with E-state index in [1.54, 1.807) is 0 Å².